The first-order chi connectivity index (χ1) is 8.36. The Morgan fingerprint density at radius 3 is 2.61 bits per heavy atom. The van der Waals surface area contributed by atoms with Gasteiger partial charge in [0.05, 0.1) is 0 Å². The number of benzene rings is 1. The highest BCUT2D eigenvalue weighted by molar-refractivity contribution is 9.10. The standard InChI is InChI=1S/C14H21BrN2O/c1-5-8(2)10(4)17-14(18)12-6-11(15)7-13(16)9(12)3/h6-8,10H,5,16H2,1-4H3,(H,17,18). The number of hydrogen-bond donors (Lipinski definition) is 2. The first-order valence-electron chi connectivity index (χ1n) is 6.23. The number of anilines is 1. The highest BCUT2D eigenvalue weighted by Crippen LogP contribution is 2.23. The molecular formula is C14H21BrN2O. The SMILES string of the molecule is CCC(C)C(C)NC(=O)c1cc(Br)cc(N)c1C. The molecule has 0 fully saturated rings. The van der Waals surface area contributed by atoms with Crippen LogP contribution in [0.1, 0.15) is 43.1 Å². The van der Waals surface area contributed by atoms with Gasteiger partial charge in [0.2, 0.25) is 0 Å². The molecule has 18 heavy (non-hydrogen) atoms. The summed E-state index contributed by atoms with van der Waals surface area (Å²) < 4.78 is 0.826. The molecule has 1 amide bonds. The molecule has 0 spiro atoms. The van der Waals surface area contributed by atoms with E-state index in [1.165, 1.54) is 0 Å². The number of nitrogens with one attached hydrogen (secondary N) is 1. The molecule has 0 aliphatic heterocycles. The molecule has 3 nitrogen and oxygen atoms in total. The van der Waals surface area contributed by atoms with E-state index in [0.29, 0.717) is 17.2 Å². The predicted molar refractivity (Wildman–Crippen MR) is 79.7 cm³/mol. The van der Waals surface area contributed by atoms with Gasteiger partial charge >= 0.3 is 0 Å². The van der Waals surface area contributed by atoms with Gasteiger partial charge in [-0.05, 0) is 37.5 Å². The van der Waals surface area contributed by atoms with Gasteiger partial charge < -0.3 is 11.1 Å². The van der Waals surface area contributed by atoms with Crippen molar-refractivity contribution in [1.29, 1.82) is 0 Å². The van der Waals surface area contributed by atoms with Crippen LogP contribution in [0.4, 0.5) is 5.69 Å². The molecule has 100 valence electrons. The number of amides is 1. The smallest absolute Gasteiger partial charge is 0.251 e. The molecule has 4 heteroatoms. The zero-order valence-electron chi connectivity index (χ0n) is 11.4. The summed E-state index contributed by atoms with van der Waals surface area (Å²) in [6.45, 7) is 8.15. The fraction of sp³-hybridized carbons (Fsp3) is 0.500. The lowest BCUT2D eigenvalue weighted by Crippen LogP contribution is -2.37. The fourth-order valence-electron chi connectivity index (χ4n) is 1.72. The minimum Gasteiger partial charge on any atom is -0.398 e. The van der Waals surface area contributed by atoms with E-state index in [-0.39, 0.29) is 11.9 Å². The molecule has 0 aliphatic carbocycles. The maximum Gasteiger partial charge on any atom is 0.251 e. The van der Waals surface area contributed by atoms with Crippen LogP contribution in [-0.2, 0) is 0 Å². The zero-order chi connectivity index (χ0) is 13.9. The van der Waals surface area contributed by atoms with Crippen LogP contribution in [0.2, 0.25) is 0 Å². The molecule has 2 atom stereocenters. The molecule has 3 N–H and O–H groups in total. The molecule has 1 rings (SSSR count). The van der Waals surface area contributed by atoms with Crippen LogP contribution in [0, 0.1) is 12.8 Å². The molecular weight excluding hydrogens is 292 g/mol. The normalized spacial score (nSPS) is 14.1. The lowest BCUT2D eigenvalue weighted by Gasteiger charge is -2.20. The number of nitrogens with two attached hydrogens (primary N) is 1. The van der Waals surface area contributed by atoms with E-state index in [1.54, 1.807) is 0 Å². The van der Waals surface area contributed by atoms with Crippen molar-refractivity contribution in [2.24, 2.45) is 5.92 Å². The lowest BCUT2D eigenvalue weighted by molar-refractivity contribution is 0.0927. The Hall–Kier alpha value is -1.03. The summed E-state index contributed by atoms with van der Waals surface area (Å²) in [6, 6.07) is 3.77. The van der Waals surface area contributed by atoms with E-state index in [4.69, 9.17) is 5.73 Å². The van der Waals surface area contributed by atoms with Gasteiger partial charge in [0.15, 0.2) is 0 Å². The van der Waals surface area contributed by atoms with Crippen molar-refractivity contribution in [3.8, 4) is 0 Å². The fourth-order valence-corrected chi connectivity index (χ4v) is 2.19. The van der Waals surface area contributed by atoms with Crippen molar-refractivity contribution >= 4 is 27.5 Å². The minimum absolute atomic E-state index is 0.0618. The summed E-state index contributed by atoms with van der Waals surface area (Å²) in [5.41, 5.74) is 7.96. The van der Waals surface area contributed by atoms with Crippen molar-refractivity contribution in [2.75, 3.05) is 5.73 Å². The number of nitrogen functional groups attached to an aromatic ring is 1. The number of hydrogen-bond acceptors (Lipinski definition) is 2. The van der Waals surface area contributed by atoms with Crippen molar-refractivity contribution in [3.05, 3.63) is 27.7 Å². The summed E-state index contributed by atoms with van der Waals surface area (Å²) in [5, 5.41) is 3.03. The third kappa shape index (κ3) is 3.48. The maximum absolute atomic E-state index is 12.2. The summed E-state index contributed by atoms with van der Waals surface area (Å²) in [7, 11) is 0. The summed E-state index contributed by atoms with van der Waals surface area (Å²) in [6.07, 6.45) is 1.04. The van der Waals surface area contributed by atoms with Gasteiger partial charge in [0, 0.05) is 21.8 Å². The number of rotatable bonds is 4. The molecule has 1 aromatic rings. The Morgan fingerprint density at radius 2 is 2.06 bits per heavy atom. The third-order valence-corrected chi connectivity index (χ3v) is 3.97. The van der Waals surface area contributed by atoms with Crippen molar-refractivity contribution < 1.29 is 4.79 Å². The Balaban J connectivity index is 2.91. The number of carbonyl (C=O) groups excluding carboxylic acids is 1. The van der Waals surface area contributed by atoms with Crippen LogP contribution < -0.4 is 11.1 Å². The van der Waals surface area contributed by atoms with Crippen LogP contribution in [0.15, 0.2) is 16.6 Å². The minimum atomic E-state index is -0.0618. The van der Waals surface area contributed by atoms with Crippen LogP contribution >= 0.6 is 15.9 Å². The molecule has 0 aliphatic rings. The summed E-state index contributed by atoms with van der Waals surface area (Å²) in [5.74, 6) is 0.395. The molecule has 0 saturated heterocycles. The monoisotopic (exact) mass is 312 g/mol. The van der Waals surface area contributed by atoms with E-state index in [9.17, 15) is 4.79 Å². The highest BCUT2D eigenvalue weighted by Gasteiger charge is 2.17. The van der Waals surface area contributed by atoms with Gasteiger partial charge in [-0.1, -0.05) is 36.2 Å². The Labute approximate surface area is 117 Å². The lowest BCUT2D eigenvalue weighted by atomic mass is 9.99. The molecule has 0 radical (unpaired) electrons. The third-order valence-electron chi connectivity index (χ3n) is 3.51. The summed E-state index contributed by atoms with van der Waals surface area (Å²) >= 11 is 3.36. The van der Waals surface area contributed by atoms with Gasteiger partial charge in [-0.3, -0.25) is 4.79 Å². The second-order valence-corrected chi connectivity index (χ2v) is 5.73. The quantitative estimate of drug-likeness (QED) is 0.836. The zero-order valence-corrected chi connectivity index (χ0v) is 13.0. The van der Waals surface area contributed by atoms with Gasteiger partial charge in [-0.25, -0.2) is 0 Å². The predicted octanol–water partition coefficient (Wildman–Crippen LogP) is 3.50. The number of carbonyl (C=O) groups is 1. The van der Waals surface area contributed by atoms with Crippen LogP contribution in [-0.4, -0.2) is 11.9 Å². The average molecular weight is 313 g/mol. The van der Waals surface area contributed by atoms with Crippen molar-refractivity contribution in [3.63, 3.8) is 0 Å². The largest absolute Gasteiger partial charge is 0.398 e. The Bertz CT molecular complexity index is 446. The first kappa shape index (κ1) is 15.0. The Kier molecular flexibility index (Phi) is 5.20. The van der Waals surface area contributed by atoms with Crippen molar-refractivity contribution in [1.82, 2.24) is 5.32 Å². The van der Waals surface area contributed by atoms with E-state index < -0.39 is 0 Å². The molecule has 0 bridgehead atoms. The number of halogens is 1. The average Bonchev–Trinajstić information content (AvgIpc) is 2.32. The van der Waals surface area contributed by atoms with Gasteiger partial charge in [0.25, 0.3) is 5.91 Å². The van der Waals surface area contributed by atoms with E-state index in [2.05, 4.69) is 35.1 Å². The molecule has 1 aromatic carbocycles. The second-order valence-electron chi connectivity index (χ2n) is 4.82. The van der Waals surface area contributed by atoms with Crippen LogP contribution in [0.5, 0.6) is 0 Å². The highest BCUT2D eigenvalue weighted by atomic mass is 79.9. The Morgan fingerprint density at radius 1 is 1.44 bits per heavy atom. The maximum atomic E-state index is 12.2. The van der Waals surface area contributed by atoms with E-state index in [1.807, 2.05) is 26.0 Å². The summed E-state index contributed by atoms with van der Waals surface area (Å²) in [4.78, 5) is 12.2. The van der Waals surface area contributed by atoms with Gasteiger partial charge in [-0.15, -0.1) is 0 Å². The topological polar surface area (TPSA) is 55.1 Å². The van der Waals surface area contributed by atoms with Crippen LogP contribution in [0.25, 0.3) is 0 Å². The van der Waals surface area contributed by atoms with E-state index in [0.717, 1.165) is 16.5 Å². The second kappa shape index (κ2) is 6.23. The molecule has 0 saturated carbocycles. The van der Waals surface area contributed by atoms with E-state index >= 15 is 0 Å². The molecule has 0 aromatic heterocycles. The van der Waals surface area contributed by atoms with Crippen molar-refractivity contribution in [2.45, 2.75) is 40.2 Å². The van der Waals surface area contributed by atoms with Crippen LogP contribution in [0.3, 0.4) is 0 Å². The van der Waals surface area contributed by atoms with Gasteiger partial charge in [0.1, 0.15) is 0 Å². The molecule has 0 heterocycles. The van der Waals surface area contributed by atoms with Gasteiger partial charge in [-0.2, -0.15) is 0 Å². The first-order valence-corrected chi connectivity index (χ1v) is 7.02. The molecule has 2 unspecified atom stereocenters.